The van der Waals surface area contributed by atoms with Crippen LogP contribution in [-0.4, -0.2) is 62.4 Å². The molecule has 3 aliphatic heterocycles. The van der Waals surface area contributed by atoms with Gasteiger partial charge in [-0.05, 0) is 57.3 Å². The Kier molecular flexibility index (Phi) is 8.05. The molecule has 4 rings (SSSR count). The van der Waals surface area contributed by atoms with E-state index in [-0.39, 0.29) is 30.4 Å². The molecule has 0 saturated carbocycles. The Morgan fingerprint density at radius 3 is 2.42 bits per heavy atom. The molecule has 0 bridgehead atoms. The number of para-hydroxylation sites is 1. The van der Waals surface area contributed by atoms with E-state index in [0.717, 1.165) is 38.8 Å². The van der Waals surface area contributed by atoms with Gasteiger partial charge in [-0.1, -0.05) is 18.2 Å². The highest BCUT2D eigenvalue weighted by Gasteiger charge is 2.40. The van der Waals surface area contributed by atoms with Gasteiger partial charge in [-0.25, -0.2) is 0 Å². The first-order valence-corrected chi connectivity index (χ1v) is 9.65. The van der Waals surface area contributed by atoms with Gasteiger partial charge in [0, 0.05) is 44.5 Å². The summed E-state index contributed by atoms with van der Waals surface area (Å²) in [7, 11) is 0. The van der Waals surface area contributed by atoms with Crippen LogP contribution in [0.25, 0.3) is 0 Å². The summed E-state index contributed by atoms with van der Waals surface area (Å²) in [6.07, 6.45) is 4.82. The number of benzene rings is 1. The molecule has 26 heavy (non-hydrogen) atoms. The monoisotopic (exact) mass is 401 g/mol. The Bertz CT molecular complexity index is 552. The van der Waals surface area contributed by atoms with Crippen molar-refractivity contribution in [3.05, 3.63) is 29.8 Å². The van der Waals surface area contributed by atoms with E-state index in [2.05, 4.69) is 46.3 Å². The third kappa shape index (κ3) is 4.66. The number of nitrogens with one attached hydrogen (secondary N) is 1. The fourth-order valence-corrected chi connectivity index (χ4v) is 4.79. The van der Waals surface area contributed by atoms with Crippen molar-refractivity contribution in [3.63, 3.8) is 0 Å². The summed E-state index contributed by atoms with van der Waals surface area (Å²) in [6, 6.07) is 9.50. The number of ether oxygens (including phenoxy) is 1. The maximum atomic E-state index is 6.26. The van der Waals surface area contributed by atoms with E-state index in [9.17, 15) is 0 Å². The first-order chi connectivity index (χ1) is 11.8. The highest BCUT2D eigenvalue weighted by Crippen LogP contribution is 2.35. The molecule has 1 aromatic carbocycles. The van der Waals surface area contributed by atoms with Crippen molar-refractivity contribution in [2.45, 2.75) is 44.2 Å². The Hall–Kier alpha value is -0.520. The molecule has 1 N–H and O–H groups in total. The molecule has 4 nitrogen and oxygen atoms in total. The van der Waals surface area contributed by atoms with Crippen molar-refractivity contribution in [3.8, 4) is 0 Å². The number of nitrogens with zero attached hydrogens (tertiary/aromatic N) is 2. The van der Waals surface area contributed by atoms with Gasteiger partial charge in [0.1, 0.15) is 0 Å². The van der Waals surface area contributed by atoms with Gasteiger partial charge in [0.25, 0.3) is 0 Å². The average Bonchev–Trinajstić information content (AvgIpc) is 2.63. The Morgan fingerprint density at radius 2 is 1.73 bits per heavy atom. The van der Waals surface area contributed by atoms with E-state index in [1.165, 1.54) is 50.0 Å². The second kappa shape index (κ2) is 9.61. The van der Waals surface area contributed by atoms with Crippen molar-refractivity contribution in [1.29, 1.82) is 0 Å². The van der Waals surface area contributed by atoms with E-state index in [1.807, 2.05) is 0 Å². The molecule has 0 aliphatic carbocycles. The van der Waals surface area contributed by atoms with E-state index >= 15 is 0 Å². The highest BCUT2D eigenvalue weighted by molar-refractivity contribution is 5.85. The van der Waals surface area contributed by atoms with Crippen LogP contribution in [0.3, 0.4) is 0 Å². The molecule has 1 unspecified atom stereocenters. The van der Waals surface area contributed by atoms with Crippen LogP contribution in [0.5, 0.6) is 0 Å². The molecule has 0 radical (unpaired) electrons. The Morgan fingerprint density at radius 1 is 1.04 bits per heavy atom. The first kappa shape index (κ1) is 21.8. The van der Waals surface area contributed by atoms with Crippen molar-refractivity contribution in [2.24, 2.45) is 0 Å². The molecule has 0 aromatic heterocycles. The van der Waals surface area contributed by atoms with Gasteiger partial charge in [0.05, 0.1) is 5.60 Å². The number of halogens is 2. The van der Waals surface area contributed by atoms with Crippen molar-refractivity contribution >= 4 is 30.5 Å². The summed E-state index contributed by atoms with van der Waals surface area (Å²) in [4.78, 5) is 5.30. The molecule has 0 amide bonds. The van der Waals surface area contributed by atoms with Crippen LogP contribution < -0.4 is 10.2 Å². The van der Waals surface area contributed by atoms with Gasteiger partial charge in [-0.15, -0.1) is 24.8 Å². The van der Waals surface area contributed by atoms with E-state index in [1.54, 1.807) is 0 Å². The van der Waals surface area contributed by atoms with E-state index < -0.39 is 0 Å². The molecule has 3 fully saturated rings. The quantitative estimate of drug-likeness (QED) is 0.822. The number of hydrogen-bond donors (Lipinski definition) is 1. The summed E-state index contributed by atoms with van der Waals surface area (Å²) in [5.74, 6) is 0. The van der Waals surface area contributed by atoms with Crippen LogP contribution in [-0.2, 0) is 4.74 Å². The van der Waals surface area contributed by atoms with Crippen molar-refractivity contribution in [1.82, 2.24) is 10.2 Å². The summed E-state index contributed by atoms with van der Waals surface area (Å²) >= 11 is 0. The van der Waals surface area contributed by atoms with Crippen LogP contribution in [0.2, 0.25) is 0 Å². The minimum Gasteiger partial charge on any atom is -0.375 e. The lowest BCUT2D eigenvalue weighted by molar-refractivity contribution is -0.121. The van der Waals surface area contributed by atoms with Crippen LogP contribution in [0, 0.1) is 6.92 Å². The second-order valence-electron chi connectivity index (χ2n) is 7.74. The smallest absolute Gasteiger partial charge is 0.0721 e. The SMILES string of the molecule is Cc1ccccc1N1CCN(C2CCOC3(CCNCC3)C2)CC1.Cl.Cl. The molecule has 6 heteroatoms. The summed E-state index contributed by atoms with van der Waals surface area (Å²) in [6.45, 7) is 10.1. The van der Waals surface area contributed by atoms with Crippen molar-refractivity contribution in [2.75, 3.05) is 50.8 Å². The number of piperidine rings is 1. The summed E-state index contributed by atoms with van der Waals surface area (Å²) in [5.41, 5.74) is 2.98. The van der Waals surface area contributed by atoms with Crippen LogP contribution in [0.1, 0.15) is 31.2 Å². The molecular weight excluding hydrogens is 369 g/mol. The lowest BCUT2D eigenvalue weighted by Gasteiger charge is -2.48. The predicted octanol–water partition coefficient (Wildman–Crippen LogP) is 3.26. The van der Waals surface area contributed by atoms with Gasteiger partial charge < -0.3 is 15.0 Å². The van der Waals surface area contributed by atoms with Gasteiger partial charge in [0.2, 0.25) is 0 Å². The van der Waals surface area contributed by atoms with E-state index in [0.29, 0.717) is 0 Å². The van der Waals surface area contributed by atoms with Gasteiger partial charge in [-0.3, -0.25) is 4.90 Å². The van der Waals surface area contributed by atoms with Crippen LogP contribution >= 0.6 is 24.8 Å². The number of aryl methyl sites for hydroxylation is 1. The molecular formula is C20H33Cl2N3O. The topological polar surface area (TPSA) is 27.7 Å². The minimum absolute atomic E-state index is 0. The summed E-state index contributed by atoms with van der Waals surface area (Å²) < 4.78 is 6.26. The molecule has 3 heterocycles. The fraction of sp³-hybridized carbons (Fsp3) is 0.700. The molecule has 3 saturated heterocycles. The third-order valence-corrected chi connectivity index (χ3v) is 6.27. The Labute approximate surface area is 170 Å². The summed E-state index contributed by atoms with van der Waals surface area (Å²) in [5, 5.41) is 3.48. The molecule has 1 spiro atoms. The lowest BCUT2D eigenvalue weighted by atomic mass is 9.82. The standard InChI is InChI=1S/C20H31N3O.2ClH/c1-17-4-2-3-5-19(17)23-13-11-22(12-14-23)18-6-15-24-20(16-18)7-9-21-10-8-20;;/h2-5,18,21H,6-16H2,1H3;2*1H. The number of rotatable bonds is 2. The Balaban J connectivity index is 0.00000121. The van der Waals surface area contributed by atoms with E-state index in [4.69, 9.17) is 4.74 Å². The zero-order chi connectivity index (χ0) is 16.4. The zero-order valence-electron chi connectivity index (χ0n) is 15.8. The maximum Gasteiger partial charge on any atom is 0.0721 e. The molecule has 1 aromatic rings. The largest absolute Gasteiger partial charge is 0.375 e. The van der Waals surface area contributed by atoms with Gasteiger partial charge >= 0.3 is 0 Å². The fourth-order valence-electron chi connectivity index (χ4n) is 4.79. The molecule has 148 valence electrons. The average molecular weight is 402 g/mol. The number of piperazine rings is 1. The second-order valence-corrected chi connectivity index (χ2v) is 7.74. The minimum atomic E-state index is 0. The van der Waals surface area contributed by atoms with Crippen LogP contribution in [0.15, 0.2) is 24.3 Å². The molecule has 3 aliphatic rings. The van der Waals surface area contributed by atoms with Gasteiger partial charge in [0.15, 0.2) is 0 Å². The third-order valence-electron chi connectivity index (χ3n) is 6.27. The normalized spacial score (nSPS) is 26.0. The number of anilines is 1. The van der Waals surface area contributed by atoms with Crippen LogP contribution in [0.4, 0.5) is 5.69 Å². The lowest BCUT2D eigenvalue weighted by Crippen LogP contribution is -2.56. The number of hydrogen-bond acceptors (Lipinski definition) is 4. The highest BCUT2D eigenvalue weighted by atomic mass is 35.5. The maximum absolute atomic E-state index is 6.26. The van der Waals surface area contributed by atoms with Gasteiger partial charge in [-0.2, -0.15) is 0 Å². The predicted molar refractivity (Wildman–Crippen MR) is 113 cm³/mol. The first-order valence-electron chi connectivity index (χ1n) is 9.65. The van der Waals surface area contributed by atoms with Crippen molar-refractivity contribution < 1.29 is 4.74 Å². The zero-order valence-corrected chi connectivity index (χ0v) is 17.4. The molecule has 1 atom stereocenters.